The topological polar surface area (TPSA) is 75.7 Å². The number of urea groups is 1. The molecule has 1 aliphatic heterocycles. The molecule has 25 heavy (non-hydrogen) atoms. The molecule has 1 aromatic carbocycles. The van der Waals surface area contributed by atoms with Crippen molar-refractivity contribution in [1.29, 1.82) is 0 Å². The summed E-state index contributed by atoms with van der Waals surface area (Å²) in [5.41, 5.74) is -0.113. The second-order valence-electron chi connectivity index (χ2n) is 6.73. The number of halogens is 1. The van der Waals surface area contributed by atoms with E-state index in [1.807, 2.05) is 6.92 Å². The number of hydrogen-bond donors (Lipinski definition) is 1. The summed E-state index contributed by atoms with van der Waals surface area (Å²) in [5, 5.41) is 3.37. The summed E-state index contributed by atoms with van der Waals surface area (Å²) in [4.78, 5) is 38.0. The van der Waals surface area contributed by atoms with Crippen LogP contribution in [0.5, 0.6) is 0 Å². The number of ether oxygens (including phenoxy) is 1. The van der Waals surface area contributed by atoms with Crippen molar-refractivity contribution in [3.8, 4) is 0 Å². The van der Waals surface area contributed by atoms with Gasteiger partial charge < -0.3 is 10.1 Å². The number of esters is 1. The first-order chi connectivity index (χ1) is 11.9. The van der Waals surface area contributed by atoms with Gasteiger partial charge in [0.2, 0.25) is 0 Å². The molecule has 1 heterocycles. The highest BCUT2D eigenvalue weighted by atomic mass is 35.5. The molecule has 134 valence electrons. The Bertz CT molecular complexity index is 708. The lowest BCUT2D eigenvalue weighted by Crippen LogP contribution is -2.54. The molecule has 2 fully saturated rings. The molecule has 6 nitrogen and oxygen atoms in total. The molecular weight excluding hydrogens is 344 g/mol. The van der Waals surface area contributed by atoms with Gasteiger partial charge in [0, 0.05) is 5.02 Å². The van der Waals surface area contributed by atoms with Crippen LogP contribution < -0.4 is 5.32 Å². The first-order valence-corrected chi connectivity index (χ1v) is 8.84. The fraction of sp³-hybridized carbons (Fsp3) is 0.500. The third-order valence-electron chi connectivity index (χ3n) is 5.08. The van der Waals surface area contributed by atoms with Gasteiger partial charge >= 0.3 is 12.0 Å². The molecule has 1 saturated heterocycles. The monoisotopic (exact) mass is 364 g/mol. The fourth-order valence-electron chi connectivity index (χ4n) is 3.60. The highest BCUT2D eigenvalue weighted by Gasteiger charge is 2.55. The minimum Gasteiger partial charge on any atom is -0.459 e. The summed E-state index contributed by atoms with van der Waals surface area (Å²) >= 11 is 5.89. The highest BCUT2D eigenvalue weighted by molar-refractivity contribution is 6.30. The van der Waals surface area contributed by atoms with E-state index in [4.69, 9.17) is 16.3 Å². The van der Waals surface area contributed by atoms with Crippen molar-refractivity contribution in [2.45, 2.75) is 44.8 Å². The Morgan fingerprint density at radius 3 is 2.92 bits per heavy atom. The largest absolute Gasteiger partial charge is 0.459 e. The molecule has 1 saturated carbocycles. The van der Waals surface area contributed by atoms with Crippen molar-refractivity contribution in [3.05, 3.63) is 34.9 Å². The van der Waals surface area contributed by atoms with Crippen LogP contribution in [0.15, 0.2) is 24.3 Å². The average Bonchev–Trinajstić information content (AvgIpc) is 2.81. The molecule has 2 atom stereocenters. The van der Waals surface area contributed by atoms with Gasteiger partial charge in [-0.15, -0.1) is 0 Å². The van der Waals surface area contributed by atoms with Gasteiger partial charge in [0.05, 0.1) is 0 Å². The second-order valence-corrected chi connectivity index (χ2v) is 7.17. The Labute approximate surface area is 151 Å². The van der Waals surface area contributed by atoms with Gasteiger partial charge in [-0.05, 0) is 36.5 Å². The summed E-state index contributed by atoms with van der Waals surface area (Å²) in [5.74, 6) is -0.876. The zero-order valence-corrected chi connectivity index (χ0v) is 14.8. The maximum absolute atomic E-state index is 12.8. The Kier molecular flexibility index (Phi) is 4.99. The molecule has 0 unspecified atom stereocenters. The van der Waals surface area contributed by atoms with Gasteiger partial charge in [0.25, 0.3) is 5.91 Å². The molecule has 7 heteroatoms. The molecule has 1 N–H and O–H groups in total. The van der Waals surface area contributed by atoms with Gasteiger partial charge in [-0.25, -0.2) is 4.79 Å². The molecule has 2 aliphatic rings. The molecule has 1 aromatic rings. The van der Waals surface area contributed by atoms with E-state index in [1.165, 1.54) is 0 Å². The lowest BCUT2D eigenvalue weighted by Gasteiger charge is -2.36. The van der Waals surface area contributed by atoms with E-state index in [-0.39, 0.29) is 25.0 Å². The summed E-state index contributed by atoms with van der Waals surface area (Å²) < 4.78 is 5.17. The van der Waals surface area contributed by atoms with E-state index < -0.39 is 17.5 Å². The van der Waals surface area contributed by atoms with Crippen LogP contribution in [-0.2, 0) is 20.9 Å². The molecule has 0 radical (unpaired) electrons. The van der Waals surface area contributed by atoms with E-state index in [9.17, 15) is 14.4 Å². The molecule has 1 spiro atoms. The van der Waals surface area contributed by atoms with E-state index >= 15 is 0 Å². The Hall–Kier alpha value is -2.08. The molecule has 3 rings (SSSR count). The van der Waals surface area contributed by atoms with Crippen molar-refractivity contribution in [1.82, 2.24) is 10.2 Å². The number of hydrogen-bond acceptors (Lipinski definition) is 4. The van der Waals surface area contributed by atoms with Crippen LogP contribution in [0.4, 0.5) is 4.79 Å². The number of rotatable bonds is 4. The molecule has 0 bridgehead atoms. The Morgan fingerprint density at radius 2 is 2.20 bits per heavy atom. The summed E-state index contributed by atoms with van der Waals surface area (Å²) in [7, 11) is 0. The van der Waals surface area contributed by atoms with Crippen molar-refractivity contribution in [2.75, 3.05) is 6.54 Å². The summed E-state index contributed by atoms with van der Waals surface area (Å²) in [6.45, 7) is 1.64. The van der Waals surface area contributed by atoms with Gasteiger partial charge in [-0.1, -0.05) is 43.5 Å². The number of nitrogens with zero attached hydrogens (tertiary/aromatic N) is 1. The number of amides is 3. The fourth-order valence-corrected chi connectivity index (χ4v) is 3.82. The number of nitrogens with one attached hydrogen (secondary N) is 1. The maximum atomic E-state index is 12.8. The second kappa shape index (κ2) is 7.04. The minimum atomic E-state index is -0.859. The predicted molar refractivity (Wildman–Crippen MR) is 91.9 cm³/mol. The Morgan fingerprint density at radius 1 is 1.40 bits per heavy atom. The number of imide groups is 1. The van der Waals surface area contributed by atoms with Crippen molar-refractivity contribution in [2.24, 2.45) is 5.92 Å². The zero-order chi connectivity index (χ0) is 18.0. The van der Waals surface area contributed by atoms with Crippen molar-refractivity contribution < 1.29 is 19.1 Å². The summed E-state index contributed by atoms with van der Waals surface area (Å²) in [6, 6.07) is 6.45. The minimum absolute atomic E-state index is 0.0462. The highest BCUT2D eigenvalue weighted by Crippen LogP contribution is 2.38. The third-order valence-corrected chi connectivity index (χ3v) is 5.31. The number of carbonyl (C=O) groups is 3. The lowest BCUT2D eigenvalue weighted by molar-refractivity contribution is -0.149. The van der Waals surface area contributed by atoms with E-state index in [0.717, 1.165) is 29.7 Å². The maximum Gasteiger partial charge on any atom is 0.326 e. The molecule has 3 amide bonds. The molecular formula is C18H21ClN2O4. The van der Waals surface area contributed by atoms with Gasteiger partial charge in [-0.2, -0.15) is 0 Å². The number of carbonyl (C=O) groups excluding carboxylic acids is 3. The van der Waals surface area contributed by atoms with Crippen LogP contribution in [0.1, 0.15) is 38.2 Å². The quantitative estimate of drug-likeness (QED) is 0.658. The first kappa shape index (κ1) is 17.7. The standard InChI is InChI=1S/C18H21ClN2O4/c1-12-5-2-3-8-18(12)16(23)21(17(24)20-18)10-15(22)25-11-13-6-4-7-14(19)9-13/h4,6-7,9,12H,2-3,5,8,10-11H2,1H3,(H,20,24)/t12-,18+/m0/s1. The van der Waals surface area contributed by atoms with Gasteiger partial charge in [-0.3, -0.25) is 14.5 Å². The summed E-state index contributed by atoms with van der Waals surface area (Å²) in [6.07, 6.45) is 3.45. The van der Waals surface area contributed by atoms with E-state index in [2.05, 4.69) is 5.32 Å². The van der Waals surface area contributed by atoms with E-state index in [1.54, 1.807) is 24.3 Å². The molecule has 0 aromatic heterocycles. The van der Waals surface area contributed by atoms with Crippen molar-refractivity contribution >= 4 is 29.5 Å². The SMILES string of the molecule is C[C@H]1CCCC[C@@]12NC(=O)N(CC(=O)OCc1cccc(Cl)c1)C2=O. The van der Waals surface area contributed by atoms with Crippen molar-refractivity contribution in [3.63, 3.8) is 0 Å². The Balaban J connectivity index is 1.61. The van der Waals surface area contributed by atoms with Crippen LogP contribution in [0.25, 0.3) is 0 Å². The lowest BCUT2D eigenvalue weighted by atomic mass is 9.73. The van der Waals surface area contributed by atoms with Gasteiger partial charge in [0.1, 0.15) is 18.7 Å². The van der Waals surface area contributed by atoms with Crippen LogP contribution in [0, 0.1) is 5.92 Å². The predicted octanol–water partition coefficient (Wildman–Crippen LogP) is 2.88. The average molecular weight is 365 g/mol. The third kappa shape index (κ3) is 3.49. The smallest absolute Gasteiger partial charge is 0.326 e. The van der Waals surface area contributed by atoms with Gasteiger partial charge in [0.15, 0.2) is 0 Å². The molecule has 1 aliphatic carbocycles. The van der Waals surface area contributed by atoms with Crippen LogP contribution in [-0.4, -0.2) is 34.9 Å². The first-order valence-electron chi connectivity index (χ1n) is 8.46. The number of benzene rings is 1. The van der Waals surface area contributed by atoms with Crippen LogP contribution in [0.3, 0.4) is 0 Å². The normalized spacial score (nSPS) is 26.0. The van der Waals surface area contributed by atoms with E-state index in [0.29, 0.717) is 11.4 Å². The van der Waals surface area contributed by atoms with Crippen LogP contribution in [0.2, 0.25) is 5.02 Å². The zero-order valence-electron chi connectivity index (χ0n) is 14.1. The van der Waals surface area contributed by atoms with Crippen LogP contribution >= 0.6 is 11.6 Å².